The summed E-state index contributed by atoms with van der Waals surface area (Å²) in [5.74, 6) is 0. The van der Waals surface area contributed by atoms with Crippen LogP contribution in [0.15, 0.2) is 60.7 Å². The van der Waals surface area contributed by atoms with Gasteiger partial charge in [0, 0.05) is 0 Å². The molecule has 29 heavy (non-hydrogen) atoms. The van der Waals surface area contributed by atoms with Crippen LogP contribution < -0.4 is 24.8 Å². The van der Waals surface area contributed by atoms with Crippen LogP contribution in [0, 0.1) is 19.9 Å². The smallest absolute Gasteiger partial charge is 0.0253 e. The predicted molar refractivity (Wildman–Crippen MR) is 113 cm³/mol. The molecule has 1 saturated carbocycles. The van der Waals surface area contributed by atoms with Crippen LogP contribution in [-0.4, -0.2) is 3.21 Å². The van der Waals surface area contributed by atoms with E-state index in [0.717, 1.165) is 6.42 Å². The summed E-state index contributed by atoms with van der Waals surface area (Å²) in [6, 6.07) is 24.4. The predicted octanol–water partition coefficient (Wildman–Crippen LogP) is 0.758. The van der Waals surface area contributed by atoms with Crippen molar-refractivity contribution in [3.05, 3.63) is 89.0 Å². The summed E-state index contributed by atoms with van der Waals surface area (Å²) in [4.78, 5) is 0. The molecule has 5 rings (SSSR count). The molecular weight excluding hydrogens is 474 g/mol. The van der Waals surface area contributed by atoms with E-state index < -0.39 is 0 Å². The van der Waals surface area contributed by atoms with Crippen molar-refractivity contribution < 1.29 is 49.0 Å². The first-order chi connectivity index (χ1) is 13.1. The minimum Gasteiger partial charge on any atom is -0.179 e. The van der Waals surface area contributed by atoms with E-state index in [-0.39, 0.29) is 24.8 Å². The van der Waals surface area contributed by atoms with E-state index >= 15 is 0 Å². The zero-order valence-corrected chi connectivity index (χ0v) is 21.2. The van der Waals surface area contributed by atoms with Gasteiger partial charge in [-0.2, -0.15) is 47.0 Å². The zero-order valence-electron chi connectivity index (χ0n) is 17.3. The summed E-state index contributed by atoms with van der Waals surface area (Å²) in [6.07, 6.45) is 8.36. The third kappa shape index (κ3) is 7.71. The molecule has 3 heteroatoms. The first-order valence-electron chi connectivity index (χ1n) is 9.98. The average Bonchev–Trinajstić information content (AvgIpc) is 3.26. The first kappa shape index (κ1) is 26.2. The standard InChI is InChI=1S/C13H9.C7H9.C6H10.2ClH.Zr/c1-3-7-12-10(5-1)9-11-6-2-4-8-13(11)12;1-6-4-3-5-7(6)2;1-2-4-6-5-3-1;;;/h1-5,7-8H,9H2;3-5H,1-2H3;1-5H2;2*1H;/q2*-1;;;;+2/p-2. The molecule has 0 saturated heterocycles. The number of aryl methyl sites for hydroxylation is 2. The van der Waals surface area contributed by atoms with E-state index in [2.05, 4.69) is 74.5 Å². The van der Waals surface area contributed by atoms with Crippen LogP contribution in [0.1, 0.15) is 54.4 Å². The maximum atomic E-state index is 3.30. The number of hydrogen-bond donors (Lipinski definition) is 0. The average molecular weight is 503 g/mol. The zero-order chi connectivity index (χ0) is 19.1. The fraction of sp³-hybridized carbons (Fsp3) is 0.308. The van der Waals surface area contributed by atoms with Crippen LogP contribution in [0.4, 0.5) is 0 Å². The minimum atomic E-state index is 0. The Bertz CT molecular complexity index is 827. The number of benzene rings is 2. The van der Waals surface area contributed by atoms with E-state index in [9.17, 15) is 0 Å². The fourth-order valence-electron chi connectivity index (χ4n) is 3.58. The van der Waals surface area contributed by atoms with E-state index in [1.165, 1.54) is 65.5 Å². The third-order valence-corrected chi connectivity index (χ3v) is 6.62. The van der Waals surface area contributed by atoms with Crippen LogP contribution in [0.3, 0.4) is 0 Å². The monoisotopic (exact) mass is 500 g/mol. The molecule has 3 aromatic rings. The van der Waals surface area contributed by atoms with Crippen molar-refractivity contribution in [3.63, 3.8) is 0 Å². The van der Waals surface area contributed by atoms with Gasteiger partial charge in [-0.05, 0) is 6.42 Å². The Morgan fingerprint density at radius 1 is 0.862 bits per heavy atom. The van der Waals surface area contributed by atoms with Gasteiger partial charge in [-0.25, -0.2) is 12.1 Å². The SMILES string of the molecule is Cc1ccc[c-]1C.[Cl-].[Cl-].[Zr+2]=[C]1CCCCC1.[c-]1cccc2c1Cc1ccccc1-2. The summed E-state index contributed by atoms with van der Waals surface area (Å²) in [7, 11) is 0. The van der Waals surface area contributed by atoms with Gasteiger partial charge in [0.25, 0.3) is 0 Å². The maximum Gasteiger partial charge on any atom is -0.0253 e. The molecule has 152 valence electrons. The first-order valence-corrected chi connectivity index (χ1v) is 11.2. The van der Waals surface area contributed by atoms with Crippen LogP contribution in [0.25, 0.3) is 11.1 Å². The second kappa shape index (κ2) is 13.4. The number of hydrogen-bond acceptors (Lipinski definition) is 0. The molecule has 2 aliphatic rings. The molecule has 0 N–H and O–H groups in total. The molecule has 0 atom stereocenters. The van der Waals surface area contributed by atoms with Gasteiger partial charge in [-0.15, -0.1) is 5.56 Å². The van der Waals surface area contributed by atoms with E-state index in [4.69, 9.17) is 0 Å². The van der Waals surface area contributed by atoms with Gasteiger partial charge >= 0.3 is 59.5 Å². The second-order valence-electron chi connectivity index (χ2n) is 7.45. The van der Waals surface area contributed by atoms with Gasteiger partial charge in [-0.3, -0.25) is 0 Å². The minimum absolute atomic E-state index is 0. The largest absolute Gasteiger partial charge is 0.179 e. The summed E-state index contributed by atoms with van der Waals surface area (Å²) >= 11 is 1.69. The van der Waals surface area contributed by atoms with E-state index in [0.29, 0.717) is 0 Å². The van der Waals surface area contributed by atoms with Gasteiger partial charge < -0.3 is 24.8 Å². The Morgan fingerprint density at radius 3 is 2.10 bits per heavy atom. The topological polar surface area (TPSA) is 0 Å². The molecule has 2 aliphatic carbocycles. The Kier molecular flexibility index (Phi) is 12.1. The van der Waals surface area contributed by atoms with Gasteiger partial charge in [0.2, 0.25) is 0 Å². The molecular formula is C26H28Cl2Zr-2. The Balaban J connectivity index is 0.000000228. The molecule has 1 fully saturated rings. The molecule has 0 aliphatic heterocycles. The van der Waals surface area contributed by atoms with Gasteiger partial charge in [-0.1, -0.05) is 49.2 Å². The van der Waals surface area contributed by atoms with Crippen molar-refractivity contribution in [1.82, 2.24) is 0 Å². The Morgan fingerprint density at radius 2 is 1.55 bits per heavy atom. The van der Waals surface area contributed by atoms with Crippen molar-refractivity contribution in [2.45, 2.75) is 52.4 Å². The molecule has 0 bridgehead atoms. The Labute approximate surface area is 203 Å². The van der Waals surface area contributed by atoms with Gasteiger partial charge in [0.1, 0.15) is 0 Å². The van der Waals surface area contributed by atoms with Gasteiger partial charge in [0.15, 0.2) is 0 Å². The quantitative estimate of drug-likeness (QED) is 0.312. The molecule has 0 aromatic heterocycles. The van der Waals surface area contributed by atoms with Crippen molar-refractivity contribution >= 4 is 3.21 Å². The maximum absolute atomic E-state index is 3.30. The second-order valence-corrected chi connectivity index (χ2v) is 9.19. The third-order valence-electron chi connectivity index (χ3n) is 5.39. The van der Waals surface area contributed by atoms with Crippen molar-refractivity contribution in [2.24, 2.45) is 0 Å². The number of halogens is 2. The van der Waals surface area contributed by atoms with Crippen molar-refractivity contribution in [3.8, 4) is 11.1 Å². The van der Waals surface area contributed by atoms with Crippen LogP contribution in [0.5, 0.6) is 0 Å². The normalized spacial score (nSPS) is 13.3. The molecule has 0 unspecified atom stereocenters. The van der Waals surface area contributed by atoms with Gasteiger partial charge in [0.05, 0.1) is 0 Å². The fourth-order valence-corrected chi connectivity index (χ4v) is 4.44. The van der Waals surface area contributed by atoms with Crippen molar-refractivity contribution in [2.75, 3.05) is 0 Å². The number of rotatable bonds is 0. The van der Waals surface area contributed by atoms with Crippen molar-refractivity contribution in [1.29, 1.82) is 0 Å². The van der Waals surface area contributed by atoms with Crippen LogP contribution >= 0.6 is 0 Å². The molecule has 0 nitrogen and oxygen atoms in total. The molecule has 0 radical (unpaired) electrons. The molecule has 0 spiro atoms. The Hall–Kier alpha value is -0.877. The van der Waals surface area contributed by atoms with Crippen LogP contribution in [-0.2, 0) is 30.7 Å². The number of fused-ring (bicyclic) bond motifs is 3. The van der Waals surface area contributed by atoms with Crippen LogP contribution in [0.2, 0.25) is 0 Å². The summed E-state index contributed by atoms with van der Waals surface area (Å²) in [5, 5.41) is 0. The summed E-state index contributed by atoms with van der Waals surface area (Å²) in [6.45, 7) is 4.24. The molecule has 0 heterocycles. The molecule has 0 amide bonds. The summed E-state index contributed by atoms with van der Waals surface area (Å²) in [5.41, 5.74) is 8.29. The summed E-state index contributed by atoms with van der Waals surface area (Å²) < 4.78 is 1.80. The molecule has 3 aromatic carbocycles. The van der Waals surface area contributed by atoms with E-state index in [1.54, 1.807) is 27.4 Å². The van der Waals surface area contributed by atoms with E-state index in [1.807, 2.05) is 6.07 Å².